The van der Waals surface area contributed by atoms with Crippen LogP contribution in [0.1, 0.15) is 47.5 Å². The van der Waals surface area contributed by atoms with Crippen LogP contribution in [0, 0.1) is 5.92 Å². The summed E-state index contributed by atoms with van der Waals surface area (Å²) in [6.45, 7) is 11.5. The van der Waals surface area contributed by atoms with Crippen LogP contribution in [-0.2, 0) is 14.3 Å². The maximum absolute atomic E-state index is 12.2. The van der Waals surface area contributed by atoms with Crippen molar-refractivity contribution in [2.75, 3.05) is 26.2 Å². The van der Waals surface area contributed by atoms with Gasteiger partial charge in [0.05, 0.1) is 12.5 Å². The summed E-state index contributed by atoms with van der Waals surface area (Å²) in [6.07, 6.45) is 1.36. The van der Waals surface area contributed by atoms with Crippen molar-refractivity contribution in [2.24, 2.45) is 5.92 Å². The molecular weight excluding hydrogens is 284 g/mol. The highest BCUT2D eigenvalue weighted by Gasteiger charge is 2.37. The molecular formula is C16H30N2O4. The molecule has 0 aromatic carbocycles. The molecule has 1 saturated heterocycles. The summed E-state index contributed by atoms with van der Waals surface area (Å²) >= 11 is 0. The van der Waals surface area contributed by atoms with E-state index < -0.39 is 5.60 Å². The number of amides is 1. The molecule has 1 fully saturated rings. The lowest BCUT2D eigenvalue weighted by molar-refractivity contribution is -0.150. The van der Waals surface area contributed by atoms with Crippen LogP contribution in [-0.4, -0.2) is 54.8 Å². The van der Waals surface area contributed by atoms with Gasteiger partial charge in [-0.05, 0) is 47.1 Å². The van der Waals surface area contributed by atoms with E-state index in [4.69, 9.17) is 9.47 Å². The first-order valence-electron chi connectivity index (χ1n) is 8.16. The fraction of sp³-hybridized carbons (Fsp3) is 0.875. The fourth-order valence-electron chi connectivity index (χ4n) is 2.51. The van der Waals surface area contributed by atoms with Gasteiger partial charge in [0, 0.05) is 19.1 Å². The number of ether oxygens (including phenoxy) is 2. The van der Waals surface area contributed by atoms with Gasteiger partial charge in [0.25, 0.3) is 0 Å². The van der Waals surface area contributed by atoms with Gasteiger partial charge in [-0.25, -0.2) is 4.79 Å². The number of esters is 1. The van der Waals surface area contributed by atoms with E-state index in [0.29, 0.717) is 19.7 Å². The zero-order valence-electron chi connectivity index (χ0n) is 14.5. The lowest BCUT2D eigenvalue weighted by Crippen LogP contribution is -2.54. The van der Waals surface area contributed by atoms with E-state index in [1.165, 1.54) is 0 Å². The third kappa shape index (κ3) is 5.83. The van der Waals surface area contributed by atoms with Gasteiger partial charge in [-0.2, -0.15) is 0 Å². The van der Waals surface area contributed by atoms with E-state index in [0.717, 1.165) is 19.4 Å². The van der Waals surface area contributed by atoms with Crippen molar-refractivity contribution in [2.45, 2.75) is 59.1 Å². The Hall–Kier alpha value is -1.30. The van der Waals surface area contributed by atoms with E-state index in [9.17, 15) is 9.59 Å². The number of rotatable bonds is 5. The lowest BCUT2D eigenvalue weighted by atomic mass is 9.92. The SMILES string of the molecule is CCCN[C@H]1CCN(C(=O)OC(C)(C)C)C[C@@H]1C(=O)OCC. The van der Waals surface area contributed by atoms with Crippen molar-refractivity contribution >= 4 is 12.1 Å². The fourth-order valence-corrected chi connectivity index (χ4v) is 2.51. The van der Waals surface area contributed by atoms with Crippen molar-refractivity contribution < 1.29 is 19.1 Å². The maximum Gasteiger partial charge on any atom is 0.410 e. The Morgan fingerprint density at radius 3 is 2.50 bits per heavy atom. The van der Waals surface area contributed by atoms with Gasteiger partial charge in [0.2, 0.25) is 0 Å². The molecule has 0 aromatic heterocycles. The average Bonchev–Trinajstić information content (AvgIpc) is 2.43. The highest BCUT2D eigenvalue weighted by atomic mass is 16.6. The molecule has 0 spiro atoms. The van der Waals surface area contributed by atoms with Gasteiger partial charge < -0.3 is 19.7 Å². The predicted molar refractivity (Wildman–Crippen MR) is 84.6 cm³/mol. The highest BCUT2D eigenvalue weighted by molar-refractivity contribution is 5.75. The van der Waals surface area contributed by atoms with Gasteiger partial charge in [-0.15, -0.1) is 0 Å². The topological polar surface area (TPSA) is 67.9 Å². The second-order valence-electron chi connectivity index (χ2n) is 6.63. The number of hydrogen-bond donors (Lipinski definition) is 1. The molecule has 6 heteroatoms. The van der Waals surface area contributed by atoms with Crippen molar-refractivity contribution in [1.82, 2.24) is 10.2 Å². The molecule has 2 atom stereocenters. The van der Waals surface area contributed by atoms with Crippen LogP contribution in [0.2, 0.25) is 0 Å². The number of likely N-dealkylation sites (tertiary alicyclic amines) is 1. The van der Waals surface area contributed by atoms with Crippen LogP contribution >= 0.6 is 0 Å². The van der Waals surface area contributed by atoms with E-state index in [-0.39, 0.29) is 24.0 Å². The average molecular weight is 314 g/mol. The largest absolute Gasteiger partial charge is 0.466 e. The first-order chi connectivity index (χ1) is 10.3. The van der Waals surface area contributed by atoms with Gasteiger partial charge in [-0.3, -0.25) is 4.79 Å². The lowest BCUT2D eigenvalue weighted by Gasteiger charge is -2.38. The zero-order valence-corrected chi connectivity index (χ0v) is 14.5. The second-order valence-corrected chi connectivity index (χ2v) is 6.63. The van der Waals surface area contributed by atoms with Crippen molar-refractivity contribution in [3.05, 3.63) is 0 Å². The number of hydrogen-bond acceptors (Lipinski definition) is 5. The Bertz CT molecular complexity index is 379. The predicted octanol–water partition coefficient (Wildman–Crippen LogP) is 2.17. The van der Waals surface area contributed by atoms with Gasteiger partial charge in [0.15, 0.2) is 0 Å². The number of nitrogens with zero attached hydrogens (tertiary/aromatic N) is 1. The van der Waals surface area contributed by atoms with Gasteiger partial charge in [-0.1, -0.05) is 6.92 Å². The first kappa shape index (κ1) is 18.7. The Labute approximate surface area is 133 Å². The summed E-state index contributed by atoms with van der Waals surface area (Å²) < 4.78 is 10.6. The van der Waals surface area contributed by atoms with Crippen molar-refractivity contribution in [3.63, 3.8) is 0 Å². The second kappa shape index (κ2) is 8.36. The molecule has 6 nitrogen and oxygen atoms in total. The van der Waals surface area contributed by atoms with Crippen molar-refractivity contribution in [1.29, 1.82) is 0 Å². The maximum atomic E-state index is 12.2. The van der Waals surface area contributed by atoms with Crippen molar-refractivity contribution in [3.8, 4) is 0 Å². The Kier molecular flexibility index (Phi) is 7.13. The number of piperidine rings is 1. The van der Waals surface area contributed by atoms with Crippen LogP contribution in [0.4, 0.5) is 4.79 Å². The number of carbonyl (C=O) groups excluding carboxylic acids is 2. The summed E-state index contributed by atoms with van der Waals surface area (Å²) in [5, 5.41) is 3.39. The molecule has 0 aliphatic carbocycles. The molecule has 0 radical (unpaired) electrons. The minimum Gasteiger partial charge on any atom is -0.466 e. The summed E-state index contributed by atoms with van der Waals surface area (Å²) in [5.41, 5.74) is -0.534. The number of carbonyl (C=O) groups is 2. The molecule has 0 bridgehead atoms. The third-order valence-electron chi connectivity index (χ3n) is 3.51. The normalized spacial score (nSPS) is 22.3. The van der Waals surface area contributed by atoms with Gasteiger partial charge in [0.1, 0.15) is 5.60 Å². The Balaban J connectivity index is 2.72. The van der Waals surface area contributed by atoms with E-state index in [1.807, 2.05) is 20.8 Å². The van der Waals surface area contributed by atoms with E-state index in [2.05, 4.69) is 12.2 Å². The standard InChI is InChI=1S/C16H30N2O4/c1-6-9-17-13-8-10-18(15(20)22-16(3,4)5)11-12(13)14(19)21-7-2/h12-13,17H,6-11H2,1-5H3/t12-,13-/m0/s1. The highest BCUT2D eigenvalue weighted by Crippen LogP contribution is 2.21. The quantitative estimate of drug-likeness (QED) is 0.788. The van der Waals surface area contributed by atoms with Crippen LogP contribution in [0.25, 0.3) is 0 Å². The van der Waals surface area contributed by atoms with Gasteiger partial charge >= 0.3 is 12.1 Å². The molecule has 0 unspecified atom stereocenters. The van der Waals surface area contributed by atoms with E-state index >= 15 is 0 Å². The van der Waals surface area contributed by atoms with E-state index in [1.54, 1.807) is 11.8 Å². The minimum absolute atomic E-state index is 0.0534. The Morgan fingerprint density at radius 2 is 1.95 bits per heavy atom. The molecule has 22 heavy (non-hydrogen) atoms. The monoisotopic (exact) mass is 314 g/mol. The zero-order chi connectivity index (χ0) is 16.8. The molecule has 1 aliphatic heterocycles. The van der Waals surface area contributed by atoms with Crippen LogP contribution in [0.5, 0.6) is 0 Å². The molecule has 1 heterocycles. The smallest absolute Gasteiger partial charge is 0.410 e. The third-order valence-corrected chi connectivity index (χ3v) is 3.51. The number of nitrogens with one attached hydrogen (secondary N) is 1. The van der Waals surface area contributed by atoms with Crippen LogP contribution < -0.4 is 5.32 Å². The summed E-state index contributed by atoms with van der Waals surface area (Å²) in [5.74, 6) is -0.586. The molecule has 128 valence electrons. The van der Waals surface area contributed by atoms with Crippen LogP contribution in [0.15, 0.2) is 0 Å². The summed E-state index contributed by atoms with van der Waals surface area (Å²) in [4.78, 5) is 26.0. The van der Waals surface area contributed by atoms with Crippen LogP contribution in [0.3, 0.4) is 0 Å². The molecule has 1 aliphatic rings. The minimum atomic E-state index is -0.534. The molecule has 1 rings (SSSR count). The summed E-state index contributed by atoms with van der Waals surface area (Å²) in [7, 11) is 0. The Morgan fingerprint density at radius 1 is 1.27 bits per heavy atom. The summed E-state index contributed by atoms with van der Waals surface area (Å²) in [6, 6.07) is 0.0534. The molecule has 0 saturated carbocycles. The molecule has 1 amide bonds. The molecule has 0 aromatic rings. The first-order valence-corrected chi connectivity index (χ1v) is 8.16. The molecule has 1 N–H and O–H groups in total.